The van der Waals surface area contributed by atoms with E-state index in [1.54, 1.807) is 13.0 Å². The molecule has 0 radical (unpaired) electrons. The second kappa shape index (κ2) is 4.37. The van der Waals surface area contributed by atoms with Crippen LogP contribution in [0.1, 0.15) is 23.6 Å². The summed E-state index contributed by atoms with van der Waals surface area (Å²) in [4.78, 5) is 0.00991. The fraction of sp³-hybridized carbons (Fsp3) is 0.286. The molecule has 2 aromatic rings. The Morgan fingerprint density at radius 3 is 2.39 bits per heavy atom. The van der Waals surface area contributed by atoms with Gasteiger partial charge in [0.05, 0.1) is 4.90 Å². The molecule has 0 aliphatic rings. The van der Waals surface area contributed by atoms with Gasteiger partial charge in [0.1, 0.15) is 0 Å². The zero-order valence-electron chi connectivity index (χ0n) is 10.7. The highest BCUT2D eigenvalue weighted by Crippen LogP contribution is 2.29. The van der Waals surface area contributed by atoms with E-state index in [0.717, 1.165) is 28.3 Å². The summed E-state index contributed by atoms with van der Waals surface area (Å²) in [5.41, 5.74) is 2.75. The van der Waals surface area contributed by atoms with Crippen LogP contribution in [0.25, 0.3) is 10.8 Å². The van der Waals surface area contributed by atoms with Crippen molar-refractivity contribution in [2.24, 2.45) is 0 Å². The van der Waals surface area contributed by atoms with E-state index < -0.39 is 10.1 Å². The van der Waals surface area contributed by atoms with Crippen LogP contribution in [0, 0.1) is 13.8 Å². The average Bonchev–Trinajstić information content (AvgIpc) is 2.26. The van der Waals surface area contributed by atoms with Crippen LogP contribution in [0.15, 0.2) is 29.2 Å². The third-order valence-electron chi connectivity index (χ3n) is 3.27. The van der Waals surface area contributed by atoms with Crippen LogP contribution in [0.5, 0.6) is 0 Å². The molecule has 0 fully saturated rings. The van der Waals surface area contributed by atoms with Crippen molar-refractivity contribution in [2.45, 2.75) is 32.1 Å². The first-order valence-electron chi connectivity index (χ1n) is 5.85. The van der Waals surface area contributed by atoms with Gasteiger partial charge in [-0.05, 0) is 48.2 Å². The lowest BCUT2D eigenvalue weighted by atomic mass is 9.96. The summed E-state index contributed by atoms with van der Waals surface area (Å²) in [5.74, 6) is 0. The molecule has 0 amide bonds. The van der Waals surface area contributed by atoms with Gasteiger partial charge in [-0.15, -0.1) is 0 Å². The molecule has 0 aliphatic carbocycles. The minimum atomic E-state index is -4.17. The van der Waals surface area contributed by atoms with Crippen molar-refractivity contribution in [1.82, 2.24) is 0 Å². The Labute approximate surface area is 107 Å². The maximum atomic E-state index is 11.4. The van der Waals surface area contributed by atoms with Gasteiger partial charge in [0.25, 0.3) is 10.1 Å². The highest BCUT2D eigenvalue weighted by Gasteiger charge is 2.17. The minimum Gasteiger partial charge on any atom is -0.282 e. The van der Waals surface area contributed by atoms with Crippen LogP contribution in [0.4, 0.5) is 0 Å². The van der Waals surface area contributed by atoms with Crippen molar-refractivity contribution >= 4 is 20.9 Å². The molecule has 3 nitrogen and oxygen atoms in total. The van der Waals surface area contributed by atoms with Crippen molar-refractivity contribution in [3.8, 4) is 0 Å². The Hall–Kier alpha value is -1.39. The number of hydrogen-bond acceptors (Lipinski definition) is 2. The van der Waals surface area contributed by atoms with E-state index in [0.29, 0.717) is 5.56 Å². The highest BCUT2D eigenvalue weighted by molar-refractivity contribution is 7.85. The molecule has 0 atom stereocenters. The number of benzene rings is 2. The van der Waals surface area contributed by atoms with E-state index in [1.165, 1.54) is 0 Å². The molecule has 2 rings (SSSR count). The van der Waals surface area contributed by atoms with Gasteiger partial charge in [0, 0.05) is 0 Å². The molecule has 0 aromatic heterocycles. The van der Waals surface area contributed by atoms with Crippen molar-refractivity contribution in [3.05, 3.63) is 41.0 Å². The van der Waals surface area contributed by atoms with Gasteiger partial charge in [-0.25, -0.2) is 0 Å². The summed E-state index contributed by atoms with van der Waals surface area (Å²) >= 11 is 0. The minimum absolute atomic E-state index is 0.00991. The molecule has 1 N–H and O–H groups in total. The standard InChI is InChI=1S/C14H16O3S/c1-4-12-10(3)14(18(15,16)17)8-11-6-5-9(2)7-13(11)12/h5-8H,4H2,1-3H3,(H,15,16,17). The molecule has 0 aliphatic heterocycles. The predicted octanol–water partition coefficient (Wildman–Crippen LogP) is 3.27. The van der Waals surface area contributed by atoms with Crippen LogP contribution < -0.4 is 0 Å². The fourth-order valence-corrected chi connectivity index (χ4v) is 3.17. The fourth-order valence-electron chi connectivity index (χ4n) is 2.38. The molecule has 0 heterocycles. The Morgan fingerprint density at radius 2 is 1.83 bits per heavy atom. The molecular formula is C14H16O3S. The number of rotatable bonds is 2. The van der Waals surface area contributed by atoms with E-state index in [-0.39, 0.29) is 4.90 Å². The monoisotopic (exact) mass is 264 g/mol. The van der Waals surface area contributed by atoms with Gasteiger partial charge in [-0.3, -0.25) is 4.55 Å². The van der Waals surface area contributed by atoms with E-state index >= 15 is 0 Å². The Bertz CT molecular complexity index is 715. The van der Waals surface area contributed by atoms with Gasteiger partial charge in [-0.2, -0.15) is 8.42 Å². The average molecular weight is 264 g/mol. The van der Waals surface area contributed by atoms with E-state index in [9.17, 15) is 13.0 Å². The molecule has 0 unspecified atom stereocenters. The first kappa shape index (κ1) is 13.1. The summed E-state index contributed by atoms with van der Waals surface area (Å²) < 4.78 is 32.1. The maximum absolute atomic E-state index is 11.4. The molecule has 18 heavy (non-hydrogen) atoms. The van der Waals surface area contributed by atoms with Crippen LogP contribution in [0.2, 0.25) is 0 Å². The summed E-state index contributed by atoms with van der Waals surface area (Å²) in [6, 6.07) is 7.41. The summed E-state index contributed by atoms with van der Waals surface area (Å²) in [6.07, 6.45) is 0.731. The second-order valence-corrected chi connectivity index (χ2v) is 5.92. The van der Waals surface area contributed by atoms with Crippen molar-refractivity contribution < 1.29 is 13.0 Å². The summed E-state index contributed by atoms with van der Waals surface area (Å²) in [7, 11) is -4.17. The summed E-state index contributed by atoms with van der Waals surface area (Å²) in [6.45, 7) is 5.73. The lowest BCUT2D eigenvalue weighted by Gasteiger charge is -2.13. The maximum Gasteiger partial charge on any atom is 0.294 e. The zero-order valence-corrected chi connectivity index (χ0v) is 11.5. The third kappa shape index (κ3) is 2.13. The molecule has 0 saturated carbocycles. The van der Waals surface area contributed by atoms with Gasteiger partial charge >= 0.3 is 0 Å². The number of hydrogen-bond donors (Lipinski definition) is 1. The van der Waals surface area contributed by atoms with Crippen molar-refractivity contribution in [3.63, 3.8) is 0 Å². The normalized spacial score (nSPS) is 12.0. The first-order chi connectivity index (χ1) is 8.34. The second-order valence-electron chi connectivity index (χ2n) is 4.53. The SMILES string of the molecule is CCc1c(C)c(S(=O)(=O)O)cc2ccc(C)cc12. The lowest BCUT2D eigenvalue weighted by molar-refractivity contribution is 0.482. The van der Waals surface area contributed by atoms with E-state index in [4.69, 9.17) is 0 Å². The highest BCUT2D eigenvalue weighted by atomic mass is 32.2. The topological polar surface area (TPSA) is 54.4 Å². The van der Waals surface area contributed by atoms with Crippen LogP contribution in [-0.4, -0.2) is 13.0 Å². The Morgan fingerprint density at radius 1 is 1.17 bits per heavy atom. The zero-order chi connectivity index (χ0) is 13.5. The van der Waals surface area contributed by atoms with Gasteiger partial charge in [0.2, 0.25) is 0 Å². The van der Waals surface area contributed by atoms with E-state index in [2.05, 4.69) is 6.07 Å². The van der Waals surface area contributed by atoms with Crippen molar-refractivity contribution in [1.29, 1.82) is 0 Å². The van der Waals surface area contributed by atoms with Gasteiger partial charge in [0.15, 0.2) is 0 Å². The molecule has 2 aromatic carbocycles. The van der Waals surface area contributed by atoms with Gasteiger partial charge in [-0.1, -0.05) is 30.7 Å². The lowest BCUT2D eigenvalue weighted by Crippen LogP contribution is -2.04. The molecule has 0 saturated heterocycles. The predicted molar refractivity (Wildman–Crippen MR) is 72.6 cm³/mol. The first-order valence-corrected chi connectivity index (χ1v) is 7.29. The third-order valence-corrected chi connectivity index (χ3v) is 4.25. The Kier molecular flexibility index (Phi) is 3.17. The number of fused-ring (bicyclic) bond motifs is 1. The van der Waals surface area contributed by atoms with Crippen molar-refractivity contribution in [2.75, 3.05) is 0 Å². The largest absolute Gasteiger partial charge is 0.294 e. The smallest absolute Gasteiger partial charge is 0.282 e. The molecule has 96 valence electrons. The molecular weight excluding hydrogens is 248 g/mol. The summed E-state index contributed by atoms with van der Waals surface area (Å²) in [5, 5.41) is 1.90. The Balaban J connectivity index is 2.96. The molecule has 4 heteroatoms. The molecule has 0 bridgehead atoms. The van der Waals surface area contributed by atoms with Gasteiger partial charge < -0.3 is 0 Å². The van der Waals surface area contributed by atoms with Crippen LogP contribution in [0.3, 0.4) is 0 Å². The van der Waals surface area contributed by atoms with Crippen LogP contribution in [-0.2, 0) is 16.5 Å². The quantitative estimate of drug-likeness (QED) is 0.847. The number of aryl methyl sites for hydroxylation is 2. The molecule has 0 spiro atoms. The van der Waals surface area contributed by atoms with E-state index in [1.807, 2.05) is 26.0 Å². The van der Waals surface area contributed by atoms with Crippen LogP contribution >= 0.6 is 0 Å².